The number of rotatable bonds is 6. The Balaban J connectivity index is 1.70. The maximum Gasteiger partial charge on any atom is 0.309 e. The number of nitrogens with one attached hydrogen (secondary N) is 2. The van der Waals surface area contributed by atoms with Crippen LogP contribution in [0.3, 0.4) is 0 Å². The van der Waals surface area contributed by atoms with E-state index in [0.29, 0.717) is 13.0 Å². The number of carbonyl (C=O) groups is 2. The van der Waals surface area contributed by atoms with Gasteiger partial charge in [-0.3, -0.25) is 9.59 Å². The normalized spacial score (nSPS) is 11.6. The summed E-state index contributed by atoms with van der Waals surface area (Å²) in [5.74, 6) is -1.37. The molecule has 0 aliphatic rings. The first-order chi connectivity index (χ1) is 11.6. The van der Waals surface area contributed by atoms with Gasteiger partial charge in [0.2, 0.25) is 0 Å². The van der Waals surface area contributed by atoms with Crippen molar-refractivity contribution in [1.82, 2.24) is 10.6 Å². The molecule has 2 amide bonds. The minimum absolute atomic E-state index is 0.229. The highest BCUT2D eigenvalue weighted by molar-refractivity contribution is 6.35. The first-order valence-corrected chi connectivity index (χ1v) is 7.91. The Hall–Kier alpha value is -2.66. The van der Waals surface area contributed by atoms with Gasteiger partial charge in [0.25, 0.3) is 0 Å². The first-order valence-electron chi connectivity index (χ1n) is 7.91. The standard InChI is InChI=1S/C19H22N2O3/c1-14-7-9-15(10-8-14)13-21-19(24)18(23)20-12-11-17(22)16-5-3-2-4-6-16/h2-10,17,22H,11-13H2,1H3,(H,20,23)(H,21,24)/t17-/m0/s1. The highest BCUT2D eigenvalue weighted by atomic mass is 16.3. The average Bonchev–Trinajstić information content (AvgIpc) is 2.61. The zero-order valence-electron chi connectivity index (χ0n) is 13.7. The SMILES string of the molecule is Cc1ccc(CNC(=O)C(=O)NCC[C@H](O)c2ccccc2)cc1. The quantitative estimate of drug-likeness (QED) is 0.709. The second-order valence-electron chi connectivity index (χ2n) is 5.64. The highest BCUT2D eigenvalue weighted by Crippen LogP contribution is 2.14. The van der Waals surface area contributed by atoms with E-state index in [2.05, 4.69) is 10.6 Å². The fourth-order valence-corrected chi connectivity index (χ4v) is 2.21. The smallest absolute Gasteiger partial charge is 0.309 e. The summed E-state index contributed by atoms with van der Waals surface area (Å²) in [6.07, 6.45) is -0.316. The van der Waals surface area contributed by atoms with Crippen LogP contribution >= 0.6 is 0 Å². The van der Waals surface area contributed by atoms with E-state index in [1.807, 2.05) is 61.5 Å². The molecule has 0 saturated heterocycles. The Morgan fingerprint density at radius 3 is 2.25 bits per heavy atom. The molecule has 24 heavy (non-hydrogen) atoms. The van der Waals surface area contributed by atoms with Crippen LogP contribution in [0.15, 0.2) is 54.6 Å². The lowest BCUT2D eigenvalue weighted by Gasteiger charge is -2.11. The predicted molar refractivity (Wildman–Crippen MR) is 92.1 cm³/mol. The molecule has 2 rings (SSSR count). The number of aryl methyl sites for hydroxylation is 1. The Morgan fingerprint density at radius 2 is 1.58 bits per heavy atom. The number of hydrogen-bond acceptors (Lipinski definition) is 3. The third-order valence-corrected chi connectivity index (χ3v) is 3.67. The maximum absolute atomic E-state index is 11.7. The lowest BCUT2D eigenvalue weighted by Crippen LogP contribution is -2.40. The fraction of sp³-hybridized carbons (Fsp3) is 0.263. The van der Waals surface area contributed by atoms with Crippen LogP contribution in [0.4, 0.5) is 0 Å². The van der Waals surface area contributed by atoms with Gasteiger partial charge in [-0.1, -0.05) is 60.2 Å². The van der Waals surface area contributed by atoms with E-state index in [1.54, 1.807) is 0 Å². The van der Waals surface area contributed by atoms with Crippen molar-refractivity contribution >= 4 is 11.8 Å². The number of carbonyl (C=O) groups excluding carboxylic acids is 2. The molecule has 2 aromatic rings. The molecule has 0 spiro atoms. The zero-order chi connectivity index (χ0) is 17.4. The van der Waals surface area contributed by atoms with Gasteiger partial charge in [-0.15, -0.1) is 0 Å². The summed E-state index contributed by atoms with van der Waals surface area (Å²) < 4.78 is 0. The first kappa shape index (κ1) is 17.7. The van der Waals surface area contributed by atoms with Crippen LogP contribution < -0.4 is 10.6 Å². The van der Waals surface area contributed by atoms with Gasteiger partial charge < -0.3 is 15.7 Å². The fourth-order valence-electron chi connectivity index (χ4n) is 2.21. The van der Waals surface area contributed by atoms with Crippen LogP contribution in [0.5, 0.6) is 0 Å². The molecule has 0 bridgehead atoms. The van der Waals surface area contributed by atoms with Crippen LogP contribution in [0.25, 0.3) is 0 Å². The number of hydrogen-bond donors (Lipinski definition) is 3. The summed E-state index contributed by atoms with van der Waals surface area (Å²) in [5.41, 5.74) is 2.86. The topological polar surface area (TPSA) is 78.4 Å². The molecular formula is C19H22N2O3. The predicted octanol–water partition coefficient (Wildman–Crippen LogP) is 1.85. The van der Waals surface area contributed by atoms with Gasteiger partial charge in [0.15, 0.2) is 0 Å². The molecule has 5 heteroatoms. The monoisotopic (exact) mass is 326 g/mol. The van der Waals surface area contributed by atoms with Gasteiger partial charge in [-0.05, 0) is 24.5 Å². The summed E-state index contributed by atoms with van der Waals surface area (Å²) in [7, 11) is 0. The van der Waals surface area contributed by atoms with Crippen LogP contribution in [-0.4, -0.2) is 23.5 Å². The van der Waals surface area contributed by atoms with Crippen LogP contribution in [0, 0.1) is 6.92 Å². The Labute approximate surface area is 141 Å². The molecule has 0 aliphatic heterocycles. The summed E-state index contributed by atoms with van der Waals surface area (Å²) in [4.78, 5) is 23.5. The molecule has 0 saturated carbocycles. The van der Waals surface area contributed by atoms with E-state index in [1.165, 1.54) is 0 Å². The van der Waals surface area contributed by atoms with Crippen molar-refractivity contribution in [2.75, 3.05) is 6.54 Å². The van der Waals surface area contributed by atoms with Crippen molar-refractivity contribution in [1.29, 1.82) is 0 Å². The van der Waals surface area contributed by atoms with Crippen molar-refractivity contribution in [3.63, 3.8) is 0 Å². The van der Waals surface area contributed by atoms with Gasteiger partial charge in [-0.2, -0.15) is 0 Å². The third-order valence-electron chi connectivity index (χ3n) is 3.67. The molecule has 0 aliphatic carbocycles. The van der Waals surface area contributed by atoms with Crippen molar-refractivity contribution < 1.29 is 14.7 Å². The molecule has 2 aromatic carbocycles. The maximum atomic E-state index is 11.7. The van der Waals surface area contributed by atoms with Crippen LogP contribution in [0.1, 0.15) is 29.2 Å². The van der Waals surface area contributed by atoms with Crippen molar-refractivity contribution in [2.45, 2.75) is 26.0 Å². The minimum atomic E-state index is -0.692. The molecule has 126 valence electrons. The molecule has 0 heterocycles. The van der Waals surface area contributed by atoms with Crippen LogP contribution in [0.2, 0.25) is 0 Å². The summed E-state index contributed by atoms with van der Waals surface area (Å²) in [5, 5.41) is 15.1. The van der Waals surface area contributed by atoms with E-state index in [9.17, 15) is 14.7 Å². The van der Waals surface area contributed by atoms with Crippen molar-refractivity contribution in [2.24, 2.45) is 0 Å². The lowest BCUT2D eigenvalue weighted by molar-refractivity contribution is -0.139. The van der Waals surface area contributed by atoms with E-state index >= 15 is 0 Å². The van der Waals surface area contributed by atoms with Gasteiger partial charge in [0.1, 0.15) is 0 Å². The summed E-state index contributed by atoms with van der Waals surface area (Å²) >= 11 is 0. The molecule has 5 nitrogen and oxygen atoms in total. The molecule has 0 radical (unpaired) electrons. The summed E-state index contributed by atoms with van der Waals surface area (Å²) in [6.45, 7) is 2.52. The Morgan fingerprint density at radius 1 is 0.958 bits per heavy atom. The number of aliphatic hydroxyl groups excluding tert-OH is 1. The van der Waals surface area contributed by atoms with Gasteiger partial charge >= 0.3 is 11.8 Å². The number of aliphatic hydroxyl groups is 1. The summed E-state index contributed by atoms with van der Waals surface area (Å²) in [6, 6.07) is 16.9. The van der Waals surface area contributed by atoms with Gasteiger partial charge in [0.05, 0.1) is 6.10 Å². The van der Waals surface area contributed by atoms with E-state index in [4.69, 9.17) is 0 Å². The van der Waals surface area contributed by atoms with Crippen molar-refractivity contribution in [3.8, 4) is 0 Å². The van der Waals surface area contributed by atoms with Crippen molar-refractivity contribution in [3.05, 3.63) is 71.3 Å². The molecule has 0 fully saturated rings. The highest BCUT2D eigenvalue weighted by Gasteiger charge is 2.13. The molecular weight excluding hydrogens is 304 g/mol. The number of amides is 2. The van der Waals surface area contributed by atoms with E-state index < -0.39 is 17.9 Å². The van der Waals surface area contributed by atoms with E-state index in [-0.39, 0.29) is 6.54 Å². The third kappa shape index (κ3) is 5.52. The van der Waals surface area contributed by atoms with Crippen LogP contribution in [-0.2, 0) is 16.1 Å². The Kier molecular flexibility index (Phi) is 6.51. The van der Waals surface area contributed by atoms with E-state index in [0.717, 1.165) is 16.7 Å². The molecule has 1 atom stereocenters. The Bertz CT molecular complexity index is 669. The largest absolute Gasteiger partial charge is 0.388 e. The number of benzene rings is 2. The van der Waals surface area contributed by atoms with Gasteiger partial charge in [0, 0.05) is 13.1 Å². The van der Waals surface area contributed by atoms with Gasteiger partial charge in [-0.25, -0.2) is 0 Å². The molecule has 0 aromatic heterocycles. The zero-order valence-corrected chi connectivity index (χ0v) is 13.7. The average molecular weight is 326 g/mol. The molecule has 0 unspecified atom stereocenters. The minimum Gasteiger partial charge on any atom is -0.388 e. The lowest BCUT2D eigenvalue weighted by atomic mass is 10.1. The second kappa shape index (κ2) is 8.84. The molecule has 3 N–H and O–H groups in total. The second-order valence-corrected chi connectivity index (χ2v) is 5.64.